The van der Waals surface area contributed by atoms with Gasteiger partial charge in [-0.25, -0.2) is 0 Å². The van der Waals surface area contributed by atoms with Gasteiger partial charge in [0.05, 0.1) is 11.6 Å². The Morgan fingerprint density at radius 1 is 1.46 bits per heavy atom. The number of nitrogens with two attached hydrogens (primary N) is 1. The molecular formula is C9H20N2OS. The normalized spacial score (nSPS) is 13.7. The fourth-order valence-corrected chi connectivity index (χ4v) is 1.51. The summed E-state index contributed by atoms with van der Waals surface area (Å²) >= 11 is 4.89. The van der Waals surface area contributed by atoms with Crippen LogP contribution in [0.2, 0.25) is 0 Å². The first-order valence-corrected chi connectivity index (χ1v) is 4.92. The summed E-state index contributed by atoms with van der Waals surface area (Å²) in [6, 6.07) is 0.790. The van der Waals surface area contributed by atoms with Crippen molar-refractivity contribution in [3.05, 3.63) is 0 Å². The average Bonchev–Trinajstić information content (AvgIpc) is 1.99. The van der Waals surface area contributed by atoms with Crippen LogP contribution in [0.4, 0.5) is 0 Å². The Labute approximate surface area is 86.2 Å². The predicted molar refractivity (Wildman–Crippen MR) is 60.0 cm³/mol. The highest BCUT2D eigenvalue weighted by atomic mass is 32.1. The van der Waals surface area contributed by atoms with E-state index in [4.69, 9.17) is 22.7 Å². The molecule has 1 atom stereocenters. The molecule has 2 N–H and O–H groups in total. The molecule has 1 unspecified atom stereocenters. The van der Waals surface area contributed by atoms with Crippen molar-refractivity contribution in [2.45, 2.75) is 32.9 Å². The second kappa shape index (κ2) is 6.29. The standard InChI is InChI=1S/C9H20N2OS/c1-7(2)11(5-9(10)13)8(3)6-12-4/h7-8H,5-6H2,1-4H3,(H2,10,13). The Hall–Kier alpha value is -0.190. The molecule has 0 bridgehead atoms. The number of methoxy groups -OCH3 is 1. The molecule has 0 aromatic carbocycles. The first-order valence-electron chi connectivity index (χ1n) is 4.52. The maximum atomic E-state index is 5.51. The van der Waals surface area contributed by atoms with E-state index in [1.54, 1.807) is 7.11 Å². The van der Waals surface area contributed by atoms with Crippen LogP contribution >= 0.6 is 12.2 Å². The third-order valence-corrected chi connectivity index (χ3v) is 2.10. The molecular weight excluding hydrogens is 184 g/mol. The highest BCUT2D eigenvalue weighted by Crippen LogP contribution is 2.05. The minimum absolute atomic E-state index is 0.353. The third-order valence-electron chi connectivity index (χ3n) is 1.98. The molecule has 0 radical (unpaired) electrons. The van der Waals surface area contributed by atoms with Crippen LogP contribution in [0.15, 0.2) is 0 Å². The second-order valence-corrected chi connectivity index (χ2v) is 4.06. The van der Waals surface area contributed by atoms with Gasteiger partial charge in [-0.2, -0.15) is 0 Å². The molecule has 0 fully saturated rings. The first-order chi connectivity index (χ1) is 5.99. The molecule has 3 nitrogen and oxygen atoms in total. The van der Waals surface area contributed by atoms with E-state index in [1.807, 2.05) is 0 Å². The van der Waals surface area contributed by atoms with Gasteiger partial charge in [0.1, 0.15) is 0 Å². The van der Waals surface area contributed by atoms with E-state index in [-0.39, 0.29) is 0 Å². The topological polar surface area (TPSA) is 38.5 Å². The molecule has 0 rings (SSSR count). The summed E-state index contributed by atoms with van der Waals surface area (Å²) in [7, 11) is 1.70. The van der Waals surface area contributed by atoms with E-state index in [1.165, 1.54) is 0 Å². The van der Waals surface area contributed by atoms with Crippen LogP contribution in [-0.4, -0.2) is 42.2 Å². The van der Waals surface area contributed by atoms with Crippen molar-refractivity contribution in [1.82, 2.24) is 4.90 Å². The van der Waals surface area contributed by atoms with Gasteiger partial charge >= 0.3 is 0 Å². The molecule has 0 aromatic heterocycles. The van der Waals surface area contributed by atoms with Gasteiger partial charge in [0.2, 0.25) is 0 Å². The van der Waals surface area contributed by atoms with Crippen molar-refractivity contribution in [2.75, 3.05) is 20.3 Å². The maximum Gasteiger partial charge on any atom is 0.0870 e. The molecule has 0 saturated heterocycles. The molecule has 0 heterocycles. The van der Waals surface area contributed by atoms with E-state index < -0.39 is 0 Å². The highest BCUT2D eigenvalue weighted by Gasteiger charge is 2.17. The van der Waals surface area contributed by atoms with Crippen LogP contribution in [0.5, 0.6) is 0 Å². The fraction of sp³-hybridized carbons (Fsp3) is 0.889. The third kappa shape index (κ3) is 5.18. The van der Waals surface area contributed by atoms with Gasteiger partial charge in [0, 0.05) is 25.7 Å². The number of thiocarbonyl (C=S) groups is 1. The lowest BCUT2D eigenvalue weighted by molar-refractivity contribution is 0.0911. The summed E-state index contributed by atoms with van der Waals surface area (Å²) in [4.78, 5) is 2.77. The van der Waals surface area contributed by atoms with E-state index in [2.05, 4.69) is 25.7 Å². The molecule has 0 spiro atoms. The number of hydrogen-bond acceptors (Lipinski definition) is 3. The van der Waals surface area contributed by atoms with E-state index in [9.17, 15) is 0 Å². The molecule has 0 amide bonds. The van der Waals surface area contributed by atoms with Crippen molar-refractivity contribution in [1.29, 1.82) is 0 Å². The van der Waals surface area contributed by atoms with Crippen molar-refractivity contribution >= 4 is 17.2 Å². The van der Waals surface area contributed by atoms with Gasteiger partial charge in [-0.1, -0.05) is 12.2 Å². The highest BCUT2D eigenvalue weighted by molar-refractivity contribution is 7.80. The van der Waals surface area contributed by atoms with Crippen LogP contribution in [0.1, 0.15) is 20.8 Å². The second-order valence-electron chi connectivity index (χ2n) is 3.54. The fourth-order valence-electron chi connectivity index (χ4n) is 1.36. The summed E-state index contributed by atoms with van der Waals surface area (Å²) in [6.45, 7) is 7.74. The minimum Gasteiger partial charge on any atom is -0.392 e. The van der Waals surface area contributed by atoms with Crippen LogP contribution < -0.4 is 5.73 Å². The number of hydrogen-bond donors (Lipinski definition) is 1. The zero-order chi connectivity index (χ0) is 10.4. The maximum absolute atomic E-state index is 5.51. The average molecular weight is 204 g/mol. The van der Waals surface area contributed by atoms with E-state index in [0.29, 0.717) is 30.2 Å². The van der Waals surface area contributed by atoms with Gasteiger partial charge < -0.3 is 10.5 Å². The van der Waals surface area contributed by atoms with Crippen LogP contribution in [0.3, 0.4) is 0 Å². The Bertz CT molecular complexity index is 162. The quantitative estimate of drug-likeness (QED) is 0.656. The Morgan fingerprint density at radius 3 is 2.31 bits per heavy atom. The van der Waals surface area contributed by atoms with Crippen molar-refractivity contribution in [3.8, 4) is 0 Å². The lowest BCUT2D eigenvalue weighted by Crippen LogP contribution is -2.45. The van der Waals surface area contributed by atoms with E-state index in [0.717, 1.165) is 0 Å². The monoisotopic (exact) mass is 204 g/mol. The molecule has 78 valence electrons. The molecule has 0 saturated carbocycles. The minimum atomic E-state index is 0.353. The van der Waals surface area contributed by atoms with Gasteiger partial charge in [0.15, 0.2) is 0 Å². The Morgan fingerprint density at radius 2 is 2.00 bits per heavy atom. The molecule has 0 aliphatic heterocycles. The smallest absolute Gasteiger partial charge is 0.0870 e. The van der Waals surface area contributed by atoms with Gasteiger partial charge in [-0.15, -0.1) is 0 Å². The molecule has 13 heavy (non-hydrogen) atoms. The number of rotatable bonds is 6. The number of ether oxygens (including phenoxy) is 1. The molecule has 0 aliphatic rings. The zero-order valence-electron chi connectivity index (χ0n) is 8.91. The summed E-state index contributed by atoms with van der Waals surface area (Å²) in [5.41, 5.74) is 5.51. The van der Waals surface area contributed by atoms with Crippen molar-refractivity contribution in [2.24, 2.45) is 5.73 Å². The SMILES string of the molecule is COCC(C)N(CC(N)=S)C(C)C. The summed E-state index contributed by atoms with van der Waals surface area (Å²) in [5.74, 6) is 0. The number of nitrogens with zero attached hydrogens (tertiary/aromatic N) is 1. The Kier molecular flexibility index (Phi) is 6.20. The lowest BCUT2D eigenvalue weighted by atomic mass is 10.2. The summed E-state index contributed by atoms with van der Waals surface area (Å²) < 4.78 is 5.09. The molecule has 4 heteroatoms. The van der Waals surface area contributed by atoms with Crippen LogP contribution in [0.25, 0.3) is 0 Å². The van der Waals surface area contributed by atoms with Gasteiger partial charge in [-0.3, -0.25) is 4.90 Å². The molecule has 0 aromatic rings. The zero-order valence-corrected chi connectivity index (χ0v) is 9.73. The van der Waals surface area contributed by atoms with E-state index >= 15 is 0 Å². The van der Waals surface area contributed by atoms with Gasteiger partial charge in [-0.05, 0) is 20.8 Å². The van der Waals surface area contributed by atoms with Crippen molar-refractivity contribution in [3.63, 3.8) is 0 Å². The largest absolute Gasteiger partial charge is 0.392 e. The summed E-state index contributed by atoms with van der Waals surface area (Å²) in [5, 5.41) is 0. The van der Waals surface area contributed by atoms with Crippen molar-refractivity contribution < 1.29 is 4.74 Å². The van der Waals surface area contributed by atoms with Crippen LogP contribution in [0, 0.1) is 0 Å². The first kappa shape index (κ1) is 12.8. The van der Waals surface area contributed by atoms with Crippen LogP contribution in [-0.2, 0) is 4.74 Å². The lowest BCUT2D eigenvalue weighted by Gasteiger charge is -2.31. The summed E-state index contributed by atoms with van der Waals surface area (Å²) in [6.07, 6.45) is 0. The Balaban J connectivity index is 4.14. The predicted octanol–water partition coefficient (Wildman–Crippen LogP) is 1.02. The molecule has 0 aliphatic carbocycles. The van der Waals surface area contributed by atoms with Gasteiger partial charge in [0.25, 0.3) is 0 Å².